The first-order chi connectivity index (χ1) is 26.2. The number of nitrogens with zero attached hydrogens (tertiary/aromatic N) is 4. The molecule has 2 aromatic heterocycles. The Kier molecular flexibility index (Phi) is 10.2. The van der Waals surface area contributed by atoms with Crippen molar-refractivity contribution in [3.8, 4) is 16.6 Å². The molecule has 2 saturated carbocycles. The van der Waals surface area contributed by atoms with E-state index in [0.29, 0.717) is 24.8 Å². The number of rotatable bonds is 8. The Morgan fingerprint density at radius 1 is 1.02 bits per heavy atom. The second kappa shape index (κ2) is 15.2. The summed E-state index contributed by atoms with van der Waals surface area (Å²) in [6.07, 6.45) is 12.9. The second-order valence-electron chi connectivity index (χ2n) is 15.8. The van der Waals surface area contributed by atoms with Crippen molar-refractivity contribution in [1.29, 1.82) is 0 Å². The number of hydrogen-bond acceptors (Lipinski definition) is 8. The highest BCUT2D eigenvalue weighted by Crippen LogP contribution is 2.46. The van der Waals surface area contributed by atoms with Crippen LogP contribution in [-0.2, 0) is 14.4 Å². The Morgan fingerprint density at radius 2 is 1.81 bits per heavy atom. The molecule has 2 aromatic carbocycles. The maximum Gasteiger partial charge on any atom is 0.330 e. The van der Waals surface area contributed by atoms with Crippen molar-refractivity contribution >= 4 is 45.8 Å². The summed E-state index contributed by atoms with van der Waals surface area (Å²) in [5.74, 6) is -1.49. The van der Waals surface area contributed by atoms with Crippen LogP contribution < -0.4 is 15.4 Å². The smallest absolute Gasteiger partial charge is 0.330 e. The minimum absolute atomic E-state index is 0.0112. The van der Waals surface area contributed by atoms with Gasteiger partial charge in [-0.15, -0.1) is 11.3 Å². The van der Waals surface area contributed by atoms with E-state index < -0.39 is 35.6 Å². The lowest BCUT2D eigenvalue weighted by molar-refractivity contribution is -0.145. The molecule has 2 aliphatic carbocycles. The number of aromatic nitrogens is 3. The van der Waals surface area contributed by atoms with Crippen LogP contribution in [0, 0.1) is 5.92 Å². The normalized spacial score (nSPS) is 27.2. The number of carbonyl (C=O) groups is 3. The molecule has 284 valence electrons. The van der Waals surface area contributed by atoms with Gasteiger partial charge in [0.05, 0.1) is 17.8 Å². The van der Waals surface area contributed by atoms with E-state index in [1.807, 2.05) is 54.6 Å². The third kappa shape index (κ3) is 7.12. The van der Waals surface area contributed by atoms with Crippen molar-refractivity contribution in [2.75, 3.05) is 11.9 Å². The van der Waals surface area contributed by atoms with Gasteiger partial charge in [-0.25, -0.2) is 9.78 Å². The fourth-order valence-electron chi connectivity index (χ4n) is 8.70. The van der Waals surface area contributed by atoms with Crippen LogP contribution in [-0.4, -0.2) is 72.6 Å². The summed E-state index contributed by atoms with van der Waals surface area (Å²) in [6.45, 7) is 4.34. The SMILES string of the molecule is CC(C)n1c(O[C@@H]2C[C@H]3C(=O)N[C@]4(C(=O)O)C[C@H]4/C=C\CCCCC[C@H](Nc4ccccc4)C(=O)N3C2)nc2c(-c3nc(C4CCCC4)cs3)cccc21. The topological polar surface area (TPSA) is 139 Å². The van der Waals surface area contributed by atoms with Gasteiger partial charge in [0, 0.05) is 40.9 Å². The fourth-order valence-corrected chi connectivity index (χ4v) is 9.63. The number of allylic oxidation sites excluding steroid dienone is 1. The molecule has 0 radical (unpaired) electrons. The van der Waals surface area contributed by atoms with E-state index in [0.717, 1.165) is 53.0 Å². The molecule has 0 spiro atoms. The number of para-hydroxylation sites is 2. The molecule has 0 unspecified atom stereocenters. The van der Waals surface area contributed by atoms with Gasteiger partial charge in [-0.1, -0.05) is 62.1 Å². The summed E-state index contributed by atoms with van der Waals surface area (Å²) < 4.78 is 8.82. The van der Waals surface area contributed by atoms with Crippen molar-refractivity contribution < 1.29 is 24.2 Å². The zero-order chi connectivity index (χ0) is 37.4. The van der Waals surface area contributed by atoms with Gasteiger partial charge in [0.15, 0.2) is 0 Å². The second-order valence-corrected chi connectivity index (χ2v) is 16.6. The maximum absolute atomic E-state index is 14.6. The Balaban J connectivity index is 1.11. The van der Waals surface area contributed by atoms with Gasteiger partial charge in [0.1, 0.15) is 34.3 Å². The minimum Gasteiger partial charge on any atom is -0.479 e. The van der Waals surface area contributed by atoms with Gasteiger partial charge in [-0.05, 0) is 76.6 Å². The Morgan fingerprint density at radius 3 is 2.59 bits per heavy atom. The molecule has 0 bridgehead atoms. The number of fused-ring (bicyclic) bond motifs is 3. The summed E-state index contributed by atoms with van der Waals surface area (Å²) in [6, 6.07) is 14.8. The zero-order valence-electron chi connectivity index (χ0n) is 31.1. The highest BCUT2D eigenvalue weighted by atomic mass is 32.1. The van der Waals surface area contributed by atoms with Crippen molar-refractivity contribution in [1.82, 2.24) is 24.8 Å². The zero-order valence-corrected chi connectivity index (χ0v) is 31.9. The van der Waals surface area contributed by atoms with Gasteiger partial charge in [-0.3, -0.25) is 14.2 Å². The first kappa shape index (κ1) is 36.3. The monoisotopic (exact) mass is 750 g/mol. The number of thiazole rings is 1. The predicted octanol–water partition coefficient (Wildman–Crippen LogP) is 7.71. The summed E-state index contributed by atoms with van der Waals surface area (Å²) in [5, 5.41) is 19.8. The predicted molar refractivity (Wildman–Crippen MR) is 210 cm³/mol. The molecule has 54 heavy (non-hydrogen) atoms. The average molecular weight is 751 g/mol. The minimum atomic E-state index is -1.38. The Bertz CT molecular complexity index is 2040. The number of imidazole rings is 1. The van der Waals surface area contributed by atoms with E-state index in [2.05, 4.69) is 40.5 Å². The summed E-state index contributed by atoms with van der Waals surface area (Å²) in [5.41, 5.74) is 3.31. The summed E-state index contributed by atoms with van der Waals surface area (Å²) >= 11 is 1.65. The maximum atomic E-state index is 14.6. The number of benzene rings is 2. The molecule has 11 nitrogen and oxygen atoms in total. The van der Waals surface area contributed by atoms with Crippen LogP contribution >= 0.6 is 11.3 Å². The van der Waals surface area contributed by atoms with E-state index in [9.17, 15) is 19.5 Å². The molecular weight excluding hydrogens is 701 g/mol. The van der Waals surface area contributed by atoms with E-state index in [-0.39, 0.29) is 30.8 Å². The van der Waals surface area contributed by atoms with Crippen LogP contribution in [0.2, 0.25) is 0 Å². The van der Waals surface area contributed by atoms with Gasteiger partial charge in [-0.2, -0.15) is 4.98 Å². The third-order valence-corrected chi connectivity index (χ3v) is 12.6. The fraction of sp³-hybridized carbons (Fsp3) is 0.500. The van der Waals surface area contributed by atoms with Crippen LogP contribution in [0.25, 0.3) is 21.6 Å². The summed E-state index contributed by atoms with van der Waals surface area (Å²) in [7, 11) is 0. The first-order valence-electron chi connectivity index (χ1n) is 19.7. The van der Waals surface area contributed by atoms with Gasteiger partial charge >= 0.3 is 5.97 Å². The van der Waals surface area contributed by atoms with Crippen molar-refractivity contribution in [2.45, 2.75) is 120 Å². The van der Waals surface area contributed by atoms with Gasteiger partial charge in [0.2, 0.25) is 11.8 Å². The number of hydrogen-bond donors (Lipinski definition) is 3. The number of aliphatic carboxylic acids is 1. The standard InChI is InChI=1S/C42H50N6O5S/c1-26(2)48-34-21-13-19-31(38-44-33(25-54-38)27-14-11-12-15-27)36(34)45-41(48)53-30-22-35-37(49)46-42(40(51)52)23-28(42)16-7-4-3-5-10-20-32(39(50)47(35)24-30)43-29-17-8-6-9-18-29/h6-9,13,16-19,21,25-28,30,32,35,43H,3-5,10-12,14-15,20,22-24H2,1-2H3,(H,46,49)(H,51,52)/b16-7-/t28-,30-,32+,35+,42-/m1/s1. The van der Waals surface area contributed by atoms with Crippen molar-refractivity contribution in [2.24, 2.45) is 5.92 Å². The molecule has 5 atom stereocenters. The average Bonchev–Trinajstić information content (AvgIpc) is 3.76. The number of anilines is 1. The summed E-state index contributed by atoms with van der Waals surface area (Å²) in [4.78, 5) is 53.2. The van der Waals surface area contributed by atoms with Crippen LogP contribution in [0.1, 0.15) is 102 Å². The molecule has 1 saturated heterocycles. The van der Waals surface area contributed by atoms with E-state index >= 15 is 0 Å². The quantitative estimate of drug-likeness (QED) is 0.156. The van der Waals surface area contributed by atoms with Gasteiger partial charge < -0.3 is 25.4 Å². The van der Waals surface area contributed by atoms with Crippen molar-refractivity contribution in [3.05, 3.63) is 71.8 Å². The molecule has 4 aliphatic rings. The number of amides is 2. The molecule has 4 aromatic rings. The lowest BCUT2D eigenvalue weighted by Gasteiger charge is -2.30. The molecule has 4 heterocycles. The number of carboxylic acid groups (broad SMARTS) is 1. The van der Waals surface area contributed by atoms with Crippen LogP contribution in [0.3, 0.4) is 0 Å². The van der Waals surface area contributed by atoms with Crippen LogP contribution in [0.4, 0.5) is 5.69 Å². The molecule has 2 amide bonds. The molecular formula is C42H50N6O5S. The highest BCUT2D eigenvalue weighted by molar-refractivity contribution is 7.13. The van der Waals surface area contributed by atoms with Crippen molar-refractivity contribution in [3.63, 3.8) is 0 Å². The Labute approximate surface area is 320 Å². The van der Waals surface area contributed by atoms with E-state index in [4.69, 9.17) is 14.7 Å². The third-order valence-electron chi connectivity index (χ3n) is 11.7. The van der Waals surface area contributed by atoms with Crippen LogP contribution in [0.15, 0.2) is 66.1 Å². The lowest BCUT2D eigenvalue weighted by Crippen LogP contribution is -2.55. The number of carboxylic acids is 1. The molecule has 3 N–H and O–H groups in total. The van der Waals surface area contributed by atoms with Crippen LogP contribution in [0.5, 0.6) is 6.01 Å². The van der Waals surface area contributed by atoms with E-state index in [1.165, 1.54) is 31.4 Å². The molecule has 8 rings (SSSR count). The number of ether oxygens (including phenoxy) is 1. The largest absolute Gasteiger partial charge is 0.479 e. The van der Waals surface area contributed by atoms with E-state index in [1.54, 1.807) is 16.2 Å². The molecule has 2 aliphatic heterocycles. The Hall–Kier alpha value is -4.71. The van der Waals surface area contributed by atoms with Gasteiger partial charge in [0.25, 0.3) is 6.01 Å². The molecule has 12 heteroatoms. The number of nitrogens with one attached hydrogen (secondary N) is 2. The lowest BCUT2D eigenvalue weighted by atomic mass is 10.0. The molecule has 3 fully saturated rings. The highest BCUT2D eigenvalue weighted by Gasteiger charge is 2.61. The first-order valence-corrected chi connectivity index (χ1v) is 20.6. The number of carbonyl (C=O) groups excluding carboxylic acids is 2.